The van der Waals surface area contributed by atoms with Crippen LogP contribution in [0.15, 0.2) is 0 Å². The van der Waals surface area contributed by atoms with Crippen LogP contribution in [0, 0.1) is 11.8 Å². The fourth-order valence-corrected chi connectivity index (χ4v) is 3.90. The molecule has 0 spiro atoms. The lowest BCUT2D eigenvalue weighted by Crippen LogP contribution is -2.40. The molecule has 2 rings (SSSR count). The van der Waals surface area contributed by atoms with Crippen molar-refractivity contribution in [3.05, 3.63) is 0 Å². The van der Waals surface area contributed by atoms with Crippen LogP contribution in [0.3, 0.4) is 0 Å². The molecule has 0 radical (unpaired) electrons. The van der Waals surface area contributed by atoms with Crippen LogP contribution in [0.5, 0.6) is 0 Å². The largest absolute Gasteiger partial charge is 0.371 e. The van der Waals surface area contributed by atoms with Crippen molar-refractivity contribution in [1.82, 2.24) is 0 Å². The van der Waals surface area contributed by atoms with Gasteiger partial charge in [-0.3, -0.25) is 8.37 Å². The van der Waals surface area contributed by atoms with Gasteiger partial charge in [-0.05, 0) is 19.8 Å². The van der Waals surface area contributed by atoms with Gasteiger partial charge in [-0.25, -0.2) is 0 Å². The first kappa shape index (κ1) is 16.2. The van der Waals surface area contributed by atoms with Gasteiger partial charge in [-0.1, -0.05) is 0 Å². The van der Waals surface area contributed by atoms with Gasteiger partial charge < -0.3 is 4.74 Å². The first-order valence-electron chi connectivity index (χ1n) is 6.37. The Labute approximate surface area is 119 Å². The minimum atomic E-state index is -3.54. The van der Waals surface area contributed by atoms with E-state index < -0.39 is 25.8 Å². The Morgan fingerprint density at radius 3 is 2.20 bits per heavy atom. The molecule has 0 aromatic heterocycles. The van der Waals surface area contributed by atoms with Gasteiger partial charge in [0, 0.05) is 11.8 Å². The highest BCUT2D eigenvalue weighted by Gasteiger charge is 2.57. The van der Waals surface area contributed by atoms with Crippen molar-refractivity contribution in [2.75, 3.05) is 25.7 Å². The second-order valence-corrected chi connectivity index (χ2v) is 9.04. The Kier molecular flexibility index (Phi) is 4.20. The minimum Gasteiger partial charge on any atom is -0.371 e. The van der Waals surface area contributed by atoms with Gasteiger partial charge in [0.1, 0.15) is 0 Å². The van der Waals surface area contributed by atoms with Crippen LogP contribution < -0.4 is 0 Å². The highest BCUT2D eigenvalue weighted by atomic mass is 32.2. The molecule has 20 heavy (non-hydrogen) atoms. The minimum absolute atomic E-state index is 0.00310. The lowest BCUT2D eigenvalue weighted by molar-refractivity contribution is -0.00203. The molecule has 2 bridgehead atoms. The van der Waals surface area contributed by atoms with Crippen LogP contribution in [-0.4, -0.2) is 54.3 Å². The van der Waals surface area contributed by atoms with E-state index in [1.54, 1.807) is 0 Å². The highest BCUT2D eigenvalue weighted by molar-refractivity contribution is 7.86. The molecule has 0 aliphatic carbocycles. The van der Waals surface area contributed by atoms with Gasteiger partial charge >= 0.3 is 0 Å². The SMILES string of the molecule is C[C@]12CC[C@H](O1)[C@@H](COS(C)(=O)=O)[C@H]2COS(C)(=O)=O. The summed E-state index contributed by atoms with van der Waals surface area (Å²) in [6, 6.07) is 0. The molecule has 2 heterocycles. The van der Waals surface area contributed by atoms with Crippen molar-refractivity contribution < 1.29 is 29.9 Å². The first-order valence-corrected chi connectivity index (χ1v) is 10.0. The lowest BCUT2D eigenvalue weighted by atomic mass is 9.73. The van der Waals surface area contributed by atoms with Gasteiger partial charge in [-0.15, -0.1) is 0 Å². The second-order valence-electron chi connectivity index (χ2n) is 5.76. The molecule has 7 nitrogen and oxygen atoms in total. The summed E-state index contributed by atoms with van der Waals surface area (Å²) in [5, 5.41) is 0. The predicted molar refractivity (Wildman–Crippen MR) is 71.1 cm³/mol. The number of ether oxygens (including phenoxy) is 1. The molecule has 9 heteroatoms. The molecule has 0 unspecified atom stereocenters. The maximum Gasteiger partial charge on any atom is 0.264 e. The van der Waals surface area contributed by atoms with Gasteiger partial charge in [0.05, 0.1) is 37.4 Å². The Balaban J connectivity index is 2.08. The molecule has 0 aromatic rings. The predicted octanol–water partition coefficient (Wildman–Crippen LogP) is 0.123. The molecule has 2 aliphatic rings. The molecule has 118 valence electrons. The fourth-order valence-electron chi connectivity index (χ4n) is 3.10. The van der Waals surface area contributed by atoms with Gasteiger partial charge in [0.25, 0.3) is 20.2 Å². The molecule has 2 aliphatic heterocycles. The number of hydrogen-bond donors (Lipinski definition) is 0. The standard InChI is InChI=1S/C11H20O7S2/c1-11-5-4-10(18-11)8(6-16-19(2,12)13)9(11)7-17-20(3,14)15/h8-10H,4-7H2,1-3H3/t8-,9+,10-,11+/m0/s1. The summed E-state index contributed by atoms with van der Waals surface area (Å²) >= 11 is 0. The van der Waals surface area contributed by atoms with E-state index in [2.05, 4.69) is 0 Å². The maximum atomic E-state index is 11.1. The van der Waals surface area contributed by atoms with E-state index in [0.717, 1.165) is 25.4 Å². The van der Waals surface area contributed by atoms with Gasteiger partial charge in [0.15, 0.2) is 0 Å². The van der Waals surface area contributed by atoms with E-state index in [1.165, 1.54) is 0 Å². The second kappa shape index (κ2) is 5.20. The van der Waals surface area contributed by atoms with Crippen LogP contribution in [0.2, 0.25) is 0 Å². The van der Waals surface area contributed by atoms with Crippen LogP contribution in [0.25, 0.3) is 0 Å². The average Bonchev–Trinajstić information content (AvgIpc) is 2.74. The van der Waals surface area contributed by atoms with E-state index in [0.29, 0.717) is 0 Å². The van der Waals surface area contributed by atoms with E-state index in [9.17, 15) is 16.8 Å². The summed E-state index contributed by atoms with van der Waals surface area (Å²) in [6.45, 7) is 1.89. The molecule has 0 aromatic carbocycles. The zero-order chi connectivity index (χ0) is 15.2. The Morgan fingerprint density at radius 1 is 1.10 bits per heavy atom. The summed E-state index contributed by atoms with van der Waals surface area (Å²) in [4.78, 5) is 0. The van der Waals surface area contributed by atoms with E-state index in [4.69, 9.17) is 13.1 Å². The van der Waals surface area contributed by atoms with Crippen molar-refractivity contribution >= 4 is 20.2 Å². The van der Waals surface area contributed by atoms with E-state index >= 15 is 0 Å². The van der Waals surface area contributed by atoms with Crippen molar-refractivity contribution in [2.24, 2.45) is 11.8 Å². The molecular formula is C11H20O7S2. The zero-order valence-electron chi connectivity index (χ0n) is 11.7. The molecular weight excluding hydrogens is 308 g/mol. The molecule has 2 fully saturated rings. The number of rotatable bonds is 6. The Hall–Kier alpha value is -0.220. The van der Waals surface area contributed by atoms with Crippen LogP contribution in [0.4, 0.5) is 0 Å². The first-order chi connectivity index (χ1) is 9.00. The lowest BCUT2D eigenvalue weighted by Gasteiger charge is -2.32. The smallest absolute Gasteiger partial charge is 0.264 e. The summed E-state index contributed by atoms with van der Waals surface area (Å²) in [6.07, 6.45) is 3.51. The van der Waals surface area contributed by atoms with Crippen molar-refractivity contribution in [1.29, 1.82) is 0 Å². The zero-order valence-corrected chi connectivity index (χ0v) is 13.4. The summed E-state index contributed by atoms with van der Waals surface area (Å²) in [5.41, 5.74) is -0.471. The number of fused-ring (bicyclic) bond motifs is 2. The summed E-state index contributed by atoms with van der Waals surface area (Å²) in [5.74, 6) is -0.372. The van der Waals surface area contributed by atoms with Gasteiger partial charge in [0.2, 0.25) is 0 Å². The monoisotopic (exact) mass is 328 g/mol. The van der Waals surface area contributed by atoms with Crippen LogP contribution in [0.1, 0.15) is 19.8 Å². The maximum absolute atomic E-state index is 11.1. The molecule has 0 N–H and O–H groups in total. The van der Waals surface area contributed by atoms with E-state index in [1.807, 2.05) is 6.92 Å². The quantitative estimate of drug-likeness (QED) is 0.639. The van der Waals surface area contributed by atoms with Crippen molar-refractivity contribution in [3.8, 4) is 0 Å². The normalized spacial score (nSPS) is 37.5. The highest BCUT2D eigenvalue weighted by Crippen LogP contribution is 2.51. The van der Waals surface area contributed by atoms with Crippen molar-refractivity contribution in [2.45, 2.75) is 31.5 Å². The fraction of sp³-hybridized carbons (Fsp3) is 1.00. The topological polar surface area (TPSA) is 96.0 Å². The Morgan fingerprint density at radius 2 is 1.65 bits per heavy atom. The van der Waals surface area contributed by atoms with Crippen LogP contribution in [-0.2, 0) is 33.3 Å². The molecule has 0 saturated carbocycles. The van der Waals surface area contributed by atoms with Crippen LogP contribution >= 0.6 is 0 Å². The van der Waals surface area contributed by atoms with E-state index in [-0.39, 0.29) is 31.2 Å². The molecule has 0 amide bonds. The summed E-state index contributed by atoms with van der Waals surface area (Å²) < 4.78 is 60.1. The van der Waals surface area contributed by atoms with Gasteiger partial charge in [-0.2, -0.15) is 16.8 Å². The number of hydrogen-bond acceptors (Lipinski definition) is 7. The summed E-state index contributed by atoms with van der Waals surface area (Å²) in [7, 11) is -7.07. The Bertz CT molecular complexity index is 568. The molecule has 4 atom stereocenters. The third kappa shape index (κ3) is 3.70. The third-order valence-electron chi connectivity index (χ3n) is 4.06. The third-order valence-corrected chi connectivity index (χ3v) is 5.19. The average molecular weight is 328 g/mol. The molecule has 2 saturated heterocycles. The van der Waals surface area contributed by atoms with Crippen molar-refractivity contribution in [3.63, 3.8) is 0 Å².